The number of aryl methyl sites for hydroxylation is 1. The van der Waals surface area contributed by atoms with E-state index in [1.165, 1.54) is 29.2 Å². The van der Waals surface area contributed by atoms with Crippen LogP contribution in [-0.4, -0.2) is 33.7 Å². The van der Waals surface area contributed by atoms with Crippen molar-refractivity contribution >= 4 is 5.91 Å². The van der Waals surface area contributed by atoms with E-state index in [1.807, 2.05) is 0 Å². The van der Waals surface area contributed by atoms with Crippen LogP contribution >= 0.6 is 0 Å². The Bertz CT molecular complexity index is 757. The first kappa shape index (κ1) is 16.5. The van der Waals surface area contributed by atoms with Crippen molar-refractivity contribution in [2.45, 2.75) is 31.7 Å². The van der Waals surface area contributed by atoms with Crippen molar-refractivity contribution in [2.75, 3.05) is 6.54 Å². The van der Waals surface area contributed by atoms with E-state index in [0.717, 1.165) is 6.07 Å². The molecule has 2 aromatic rings. The number of alkyl halides is 3. The summed E-state index contributed by atoms with van der Waals surface area (Å²) >= 11 is 0. The van der Waals surface area contributed by atoms with Gasteiger partial charge in [-0.25, -0.2) is 0 Å². The lowest BCUT2D eigenvalue weighted by atomic mass is 9.97. The number of likely N-dealkylation sites (tertiary alicyclic amines) is 1. The van der Waals surface area contributed by atoms with Gasteiger partial charge in [-0.1, -0.05) is 23.4 Å². The highest BCUT2D eigenvalue weighted by molar-refractivity contribution is 5.92. The van der Waals surface area contributed by atoms with Gasteiger partial charge in [0.2, 0.25) is 0 Å². The van der Waals surface area contributed by atoms with Crippen LogP contribution in [0, 0.1) is 6.92 Å². The number of hydrogen-bond donors (Lipinski definition) is 1. The summed E-state index contributed by atoms with van der Waals surface area (Å²) in [5.74, 6) is -0.143. The number of aliphatic hydroxyl groups is 1. The van der Waals surface area contributed by atoms with E-state index < -0.39 is 29.8 Å². The molecule has 0 bridgehead atoms. The summed E-state index contributed by atoms with van der Waals surface area (Å²) in [5, 5.41) is 13.5. The molecular weight excluding hydrogens is 325 g/mol. The zero-order valence-corrected chi connectivity index (χ0v) is 12.7. The molecule has 1 fully saturated rings. The molecule has 1 saturated heterocycles. The molecule has 8 heteroatoms. The molecule has 2 unspecified atom stereocenters. The van der Waals surface area contributed by atoms with Crippen molar-refractivity contribution in [3.63, 3.8) is 0 Å². The Morgan fingerprint density at radius 3 is 2.71 bits per heavy atom. The third-order valence-electron chi connectivity index (χ3n) is 4.01. The highest BCUT2D eigenvalue weighted by Gasteiger charge is 2.42. The first-order chi connectivity index (χ1) is 11.3. The maximum atomic E-state index is 13.3. The molecule has 0 saturated carbocycles. The summed E-state index contributed by atoms with van der Waals surface area (Å²) in [6, 6.07) is 5.63. The van der Waals surface area contributed by atoms with E-state index in [2.05, 4.69) is 5.16 Å². The number of benzene rings is 1. The number of rotatable bonds is 2. The van der Waals surface area contributed by atoms with Crippen LogP contribution in [0.25, 0.3) is 0 Å². The zero-order valence-electron chi connectivity index (χ0n) is 12.7. The number of aromatic nitrogens is 1. The Morgan fingerprint density at radius 1 is 1.38 bits per heavy atom. The second-order valence-corrected chi connectivity index (χ2v) is 5.77. The number of carbonyl (C=O) groups is 1. The normalized spacial score (nSPS) is 21.3. The lowest BCUT2D eigenvalue weighted by Gasteiger charge is -2.26. The maximum Gasteiger partial charge on any atom is 0.416 e. The monoisotopic (exact) mass is 340 g/mol. The SMILES string of the molecule is Cc1cc(C(=O)N2CC(O)CC2c2ccccc2C(F)(F)F)no1. The molecule has 5 nitrogen and oxygen atoms in total. The Balaban J connectivity index is 1.99. The van der Waals surface area contributed by atoms with Crippen LogP contribution < -0.4 is 0 Å². The van der Waals surface area contributed by atoms with Crippen LogP contribution in [0.1, 0.15) is 39.8 Å². The van der Waals surface area contributed by atoms with E-state index in [1.54, 1.807) is 6.92 Å². The molecule has 1 aliphatic heterocycles. The van der Waals surface area contributed by atoms with Crippen LogP contribution in [-0.2, 0) is 6.18 Å². The number of nitrogens with zero attached hydrogens (tertiary/aromatic N) is 2. The Kier molecular flexibility index (Phi) is 4.08. The Labute approximate surface area is 135 Å². The van der Waals surface area contributed by atoms with E-state index in [0.29, 0.717) is 5.76 Å². The van der Waals surface area contributed by atoms with E-state index in [9.17, 15) is 23.1 Å². The van der Waals surface area contributed by atoms with Crippen LogP contribution in [0.2, 0.25) is 0 Å². The summed E-state index contributed by atoms with van der Waals surface area (Å²) in [4.78, 5) is 13.8. The molecule has 1 aromatic carbocycles. The minimum Gasteiger partial charge on any atom is -0.391 e. The van der Waals surface area contributed by atoms with Crippen molar-refractivity contribution in [3.8, 4) is 0 Å². The van der Waals surface area contributed by atoms with Crippen molar-refractivity contribution in [1.29, 1.82) is 0 Å². The predicted octanol–water partition coefficient (Wildman–Crippen LogP) is 2.95. The Morgan fingerprint density at radius 2 is 2.08 bits per heavy atom. The zero-order chi connectivity index (χ0) is 17.5. The summed E-state index contributed by atoms with van der Waals surface area (Å²) < 4.78 is 44.6. The highest BCUT2D eigenvalue weighted by atomic mass is 19.4. The van der Waals surface area contributed by atoms with Crippen molar-refractivity contribution in [3.05, 3.63) is 52.9 Å². The quantitative estimate of drug-likeness (QED) is 0.913. The van der Waals surface area contributed by atoms with Gasteiger partial charge in [0.15, 0.2) is 5.69 Å². The average molecular weight is 340 g/mol. The number of hydrogen-bond acceptors (Lipinski definition) is 4. The third-order valence-corrected chi connectivity index (χ3v) is 4.01. The van der Waals surface area contributed by atoms with Crippen molar-refractivity contribution < 1.29 is 27.6 Å². The minimum atomic E-state index is -4.54. The summed E-state index contributed by atoms with van der Waals surface area (Å²) in [6.45, 7) is 1.56. The second-order valence-electron chi connectivity index (χ2n) is 5.77. The first-order valence-corrected chi connectivity index (χ1v) is 7.36. The lowest BCUT2D eigenvalue weighted by Crippen LogP contribution is -2.32. The largest absolute Gasteiger partial charge is 0.416 e. The smallest absolute Gasteiger partial charge is 0.391 e. The summed E-state index contributed by atoms with van der Waals surface area (Å²) in [6.07, 6.45) is -5.40. The second kappa shape index (κ2) is 5.94. The number of β-amino-alcohol motifs (C(OH)–C–C–N with tert-alkyl or cyclic N) is 1. The van der Waals surface area contributed by atoms with Gasteiger partial charge in [-0.3, -0.25) is 4.79 Å². The lowest BCUT2D eigenvalue weighted by molar-refractivity contribution is -0.138. The van der Waals surface area contributed by atoms with E-state index in [4.69, 9.17) is 4.52 Å². The third kappa shape index (κ3) is 3.01. The molecule has 1 N–H and O–H groups in total. The molecule has 24 heavy (non-hydrogen) atoms. The van der Waals surface area contributed by atoms with Gasteiger partial charge in [0.05, 0.1) is 17.7 Å². The van der Waals surface area contributed by atoms with Crippen LogP contribution in [0.5, 0.6) is 0 Å². The van der Waals surface area contributed by atoms with Crippen molar-refractivity contribution in [1.82, 2.24) is 10.1 Å². The molecular formula is C16H15F3N2O3. The topological polar surface area (TPSA) is 66.6 Å². The van der Waals surface area contributed by atoms with E-state index in [-0.39, 0.29) is 24.2 Å². The number of carbonyl (C=O) groups excluding carboxylic acids is 1. The average Bonchev–Trinajstić information content (AvgIpc) is 3.12. The van der Waals surface area contributed by atoms with Crippen LogP contribution in [0.4, 0.5) is 13.2 Å². The molecule has 2 atom stereocenters. The van der Waals surface area contributed by atoms with Gasteiger partial charge in [-0.2, -0.15) is 13.2 Å². The van der Waals surface area contributed by atoms with Gasteiger partial charge in [0.25, 0.3) is 5.91 Å². The molecule has 1 amide bonds. The highest BCUT2D eigenvalue weighted by Crippen LogP contribution is 2.40. The fourth-order valence-electron chi connectivity index (χ4n) is 2.99. The van der Waals surface area contributed by atoms with Crippen LogP contribution in [0.3, 0.4) is 0 Å². The molecule has 3 rings (SSSR count). The molecule has 128 valence electrons. The van der Waals surface area contributed by atoms with Gasteiger partial charge in [-0.05, 0) is 25.0 Å². The van der Waals surface area contributed by atoms with Gasteiger partial charge in [0, 0.05) is 12.6 Å². The predicted molar refractivity (Wildman–Crippen MR) is 77.1 cm³/mol. The first-order valence-electron chi connectivity index (χ1n) is 7.36. The van der Waals surface area contributed by atoms with Gasteiger partial charge < -0.3 is 14.5 Å². The molecule has 1 aromatic heterocycles. The van der Waals surface area contributed by atoms with Crippen LogP contribution in [0.15, 0.2) is 34.9 Å². The summed E-state index contributed by atoms with van der Waals surface area (Å²) in [7, 11) is 0. The van der Waals surface area contributed by atoms with E-state index >= 15 is 0 Å². The standard InChI is InChI=1S/C16H15F3N2O3/c1-9-6-13(20-24-9)15(23)21-8-10(22)7-14(21)11-4-2-3-5-12(11)16(17,18)19/h2-6,10,14,22H,7-8H2,1H3. The van der Waals surface area contributed by atoms with Gasteiger partial charge >= 0.3 is 6.18 Å². The Hall–Kier alpha value is -2.35. The fourth-order valence-corrected chi connectivity index (χ4v) is 2.99. The van der Waals surface area contributed by atoms with Gasteiger partial charge in [-0.15, -0.1) is 0 Å². The minimum absolute atomic E-state index is 0.0103. The van der Waals surface area contributed by atoms with Gasteiger partial charge in [0.1, 0.15) is 5.76 Å². The number of aliphatic hydroxyl groups excluding tert-OH is 1. The molecule has 0 aliphatic carbocycles. The molecule has 2 heterocycles. The number of amides is 1. The molecule has 1 aliphatic rings. The molecule has 0 spiro atoms. The summed E-state index contributed by atoms with van der Waals surface area (Å²) in [5.41, 5.74) is -0.829. The van der Waals surface area contributed by atoms with Crippen molar-refractivity contribution in [2.24, 2.45) is 0 Å². The maximum absolute atomic E-state index is 13.3. The number of halogens is 3. The molecule has 0 radical (unpaired) electrons. The fraction of sp³-hybridized carbons (Fsp3) is 0.375.